The van der Waals surface area contributed by atoms with Gasteiger partial charge in [0.25, 0.3) is 0 Å². The molecule has 0 saturated heterocycles. The summed E-state index contributed by atoms with van der Waals surface area (Å²) in [7, 11) is 0. The quantitative estimate of drug-likeness (QED) is 0.718. The van der Waals surface area contributed by atoms with Crippen molar-refractivity contribution >= 4 is 15.9 Å². The summed E-state index contributed by atoms with van der Waals surface area (Å²) in [6.07, 6.45) is 1.76. The lowest BCUT2D eigenvalue weighted by molar-refractivity contribution is -0.0169. The molecule has 1 N–H and O–H groups in total. The summed E-state index contributed by atoms with van der Waals surface area (Å²) in [6.45, 7) is 13.3. The van der Waals surface area contributed by atoms with Crippen molar-refractivity contribution in [2.24, 2.45) is 5.92 Å². The second-order valence-corrected chi connectivity index (χ2v) is 7.37. The third kappa shape index (κ3) is 8.39. The first-order chi connectivity index (χ1) is 9.78. The molecule has 1 aromatic rings. The molecule has 1 rings (SSSR count). The van der Waals surface area contributed by atoms with Crippen molar-refractivity contribution < 1.29 is 9.47 Å². The zero-order valence-corrected chi connectivity index (χ0v) is 15.3. The van der Waals surface area contributed by atoms with Crippen LogP contribution in [0.5, 0.6) is 5.88 Å². The second kappa shape index (κ2) is 8.71. The van der Waals surface area contributed by atoms with Crippen LogP contribution >= 0.6 is 15.9 Å². The maximum Gasteiger partial charge on any atom is 0.217 e. The van der Waals surface area contributed by atoms with Crippen molar-refractivity contribution in [3.8, 4) is 5.88 Å². The zero-order chi connectivity index (χ0) is 15.9. The molecule has 0 aromatic carbocycles. The van der Waals surface area contributed by atoms with E-state index in [4.69, 9.17) is 9.47 Å². The van der Waals surface area contributed by atoms with Crippen LogP contribution in [-0.2, 0) is 11.3 Å². The van der Waals surface area contributed by atoms with Gasteiger partial charge in [0, 0.05) is 22.8 Å². The van der Waals surface area contributed by atoms with E-state index in [1.54, 1.807) is 6.20 Å². The molecule has 0 spiro atoms. The molecular weight excluding hydrogens is 332 g/mol. The van der Waals surface area contributed by atoms with E-state index in [2.05, 4.69) is 40.1 Å². The molecule has 0 amide bonds. The Balaban J connectivity index is 2.52. The summed E-state index contributed by atoms with van der Waals surface area (Å²) in [5.41, 5.74) is 0.916. The molecule has 0 aliphatic rings. The summed E-state index contributed by atoms with van der Waals surface area (Å²) in [4.78, 5) is 4.35. The number of halogens is 1. The van der Waals surface area contributed by atoms with Gasteiger partial charge in [-0.1, -0.05) is 13.8 Å². The number of nitrogens with one attached hydrogen (secondary N) is 1. The summed E-state index contributed by atoms with van der Waals surface area (Å²) in [5.74, 6) is 1.29. The predicted molar refractivity (Wildman–Crippen MR) is 89.7 cm³/mol. The van der Waals surface area contributed by atoms with E-state index in [1.807, 2.05) is 26.8 Å². The van der Waals surface area contributed by atoms with Crippen molar-refractivity contribution in [3.63, 3.8) is 0 Å². The molecule has 0 aliphatic heterocycles. The molecule has 0 radical (unpaired) electrons. The molecular formula is C16H27BrN2O2. The smallest absolute Gasteiger partial charge is 0.217 e. The number of pyridine rings is 1. The number of hydrogen-bond acceptors (Lipinski definition) is 4. The highest BCUT2D eigenvalue weighted by atomic mass is 79.9. The van der Waals surface area contributed by atoms with Gasteiger partial charge in [-0.25, -0.2) is 4.98 Å². The van der Waals surface area contributed by atoms with Crippen molar-refractivity contribution in [3.05, 3.63) is 22.3 Å². The Bertz CT molecular complexity index is 431. The lowest BCUT2D eigenvalue weighted by atomic mass is 10.2. The van der Waals surface area contributed by atoms with Crippen LogP contribution < -0.4 is 10.1 Å². The summed E-state index contributed by atoms with van der Waals surface area (Å²) in [6, 6.07) is 2.04. The number of aromatic nitrogens is 1. The van der Waals surface area contributed by atoms with Crippen LogP contribution in [0.4, 0.5) is 0 Å². The van der Waals surface area contributed by atoms with E-state index in [0.717, 1.165) is 23.1 Å². The van der Waals surface area contributed by atoms with Gasteiger partial charge in [-0.3, -0.25) is 0 Å². The average molecular weight is 359 g/mol. The van der Waals surface area contributed by atoms with Gasteiger partial charge in [-0.15, -0.1) is 0 Å². The molecule has 5 heteroatoms. The monoisotopic (exact) mass is 358 g/mol. The number of hydrogen-bond donors (Lipinski definition) is 1. The SMILES string of the molecule is CC(C)CNCc1cc(Br)cnc1OCCOC(C)(C)C. The molecule has 0 saturated carbocycles. The first-order valence-corrected chi connectivity index (χ1v) is 8.19. The number of ether oxygens (including phenoxy) is 2. The van der Waals surface area contributed by atoms with Gasteiger partial charge in [0.1, 0.15) is 6.61 Å². The Morgan fingerprint density at radius 3 is 2.62 bits per heavy atom. The topological polar surface area (TPSA) is 43.4 Å². The first-order valence-electron chi connectivity index (χ1n) is 7.40. The van der Waals surface area contributed by atoms with Gasteiger partial charge in [0.05, 0.1) is 12.2 Å². The van der Waals surface area contributed by atoms with Gasteiger partial charge in [-0.05, 0) is 55.2 Å². The van der Waals surface area contributed by atoms with Crippen LogP contribution in [0.15, 0.2) is 16.7 Å². The molecule has 0 fully saturated rings. The molecule has 4 nitrogen and oxygen atoms in total. The predicted octanol–water partition coefficient (Wildman–Crippen LogP) is 3.78. The standard InChI is InChI=1S/C16H27BrN2O2/c1-12(2)9-18-10-13-8-14(17)11-19-15(13)20-6-7-21-16(3,4)5/h8,11-12,18H,6-7,9-10H2,1-5H3. The molecule has 0 bridgehead atoms. The maximum atomic E-state index is 5.75. The lowest BCUT2D eigenvalue weighted by Gasteiger charge is -2.19. The zero-order valence-electron chi connectivity index (χ0n) is 13.7. The lowest BCUT2D eigenvalue weighted by Crippen LogP contribution is -2.23. The minimum Gasteiger partial charge on any atom is -0.475 e. The molecule has 0 aliphatic carbocycles. The molecule has 0 atom stereocenters. The fourth-order valence-corrected chi connectivity index (χ4v) is 2.09. The van der Waals surface area contributed by atoms with Gasteiger partial charge >= 0.3 is 0 Å². The van der Waals surface area contributed by atoms with Crippen LogP contribution in [0.25, 0.3) is 0 Å². The Hall–Kier alpha value is -0.650. The fraction of sp³-hybridized carbons (Fsp3) is 0.688. The van der Waals surface area contributed by atoms with Crippen LogP contribution in [0, 0.1) is 5.92 Å². The summed E-state index contributed by atoms with van der Waals surface area (Å²) >= 11 is 3.45. The van der Waals surface area contributed by atoms with Gasteiger partial charge in [-0.2, -0.15) is 0 Å². The Kier molecular flexibility index (Phi) is 7.63. The molecule has 1 heterocycles. The number of nitrogens with zero attached hydrogens (tertiary/aromatic N) is 1. The van der Waals surface area contributed by atoms with Crippen molar-refractivity contribution in [1.82, 2.24) is 10.3 Å². The Labute approximate surface area is 136 Å². The largest absolute Gasteiger partial charge is 0.475 e. The average Bonchev–Trinajstić information content (AvgIpc) is 2.35. The van der Waals surface area contributed by atoms with Gasteiger partial charge < -0.3 is 14.8 Å². The highest BCUT2D eigenvalue weighted by Crippen LogP contribution is 2.20. The van der Waals surface area contributed by atoms with E-state index in [9.17, 15) is 0 Å². The highest BCUT2D eigenvalue weighted by molar-refractivity contribution is 9.10. The molecule has 0 unspecified atom stereocenters. The summed E-state index contributed by atoms with van der Waals surface area (Å²) < 4.78 is 12.4. The number of rotatable bonds is 8. The fourth-order valence-electron chi connectivity index (χ4n) is 1.71. The van der Waals surface area contributed by atoms with Crippen molar-refractivity contribution in [2.45, 2.75) is 46.8 Å². The third-order valence-corrected chi connectivity index (χ3v) is 3.05. The van der Waals surface area contributed by atoms with Crippen LogP contribution in [0.3, 0.4) is 0 Å². The molecule has 21 heavy (non-hydrogen) atoms. The first kappa shape index (κ1) is 18.4. The van der Waals surface area contributed by atoms with Crippen LogP contribution in [-0.4, -0.2) is 30.3 Å². The minimum absolute atomic E-state index is 0.141. The van der Waals surface area contributed by atoms with E-state index >= 15 is 0 Å². The Morgan fingerprint density at radius 2 is 2.00 bits per heavy atom. The highest BCUT2D eigenvalue weighted by Gasteiger charge is 2.11. The van der Waals surface area contributed by atoms with E-state index in [1.165, 1.54) is 0 Å². The third-order valence-electron chi connectivity index (χ3n) is 2.62. The molecule has 120 valence electrons. The van der Waals surface area contributed by atoms with Crippen LogP contribution in [0.1, 0.15) is 40.2 Å². The minimum atomic E-state index is -0.141. The van der Waals surface area contributed by atoms with E-state index in [0.29, 0.717) is 25.0 Å². The normalized spacial score (nSPS) is 12.0. The van der Waals surface area contributed by atoms with Crippen LogP contribution in [0.2, 0.25) is 0 Å². The van der Waals surface area contributed by atoms with E-state index < -0.39 is 0 Å². The van der Waals surface area contributed by atoms with Crippen molar-refractivity contribution in [2.75, 3.05) is 19.8 Å². The summed E-state index contributed by atoms with van der Waals surface area (Å²) in [5, 5.41) is 3.41. The van der Waals surface area contributed by atoms with E-state index in [-0.39, 0.29) is 5.60 Å². The second-order valence-electron chi connectivity index (χ2n) is 6.45. The maximum absolute atomic E-state index is 5.75. The molecule has 1 aromatic heterocycles. The van der Waals surface area contributed by atoms with Crippen molar-refractivity contribution in [1.29, 1.82) is 0 Å². The van der Waals surface area contributed by atoms with Gasteiger partial charge in [0.2, 0.25) is 5.88 Å². The Morgan fingerprint density at radius 1 is 1.29 bits per heavy atom. The van der Waals surface area contributed by atoms with Gasteiger partial charge in [0.15, 0.2) is 0 Å².